The first-order valence-electron chi connectivity index (χ1n) is 8.08. The van der Waals surface area contributed by atoms with E-state index in [1.54, 1.807) is 29.2 Å². The number of nitrogens with zero attached hydrogens (tertiary/aromatic N) is 1. The number of nitrogen functional groups attached to an aromatic ring is 1. The molecule has 0 spiro atoms. The number of carbonyl (C=O) groups excluding carboxylic acids is 2. The van der Waals surface area contributed by atoms with E-state index in [4.69, 9.17) is 11.1 Å². The number of carbonyl (C=O) groups is 2. The molecule has 0 bridgehead atoms. The van der Waals surface area contributed by atoms with Gasteiger partial charge >= 0.3 is 0 Å². The minimum atomic E-state index is -0.282. The first-order chi connectivity index (χ1) is 11.4. The lowest BCUT2D eigenvalue weighted by Crippen LogP contribution is -2.34. The van der Waals surface area contributed by atoms with E-state index in [2.05, 4.69) is 11.9 Å². The van der Waals surface area contributed by atoms with Crippen molar-refractivity contribution in [3.05, 3.63) is 42.0 Å². The van der Waals surface area contributed by atoms with E-state index >= 15 is 0 Å². The largest absolute Gasteiger partial charge is 0.398 e. The van der Waals surface area contributed by atoms with Crippen LogP contribution in [0.15, 0.2) is 30.9 Å². The van der Waals surface area contributed by atoms with Crippen molar-refractivity contribution in [1.29, 1.82) is 5.41 Å². The number of anilines is 1. The molecule has 0 radical (unpaired) electrons. The molecule has 0 aliphatic carbocycles. The van der Waals surface area contributed by atoms with Crippen molar-refractivity contribution in [2.24, 2.45) is 0 Å². The van der Waals surface area contributed by atoms with Crippen LogP contribution >= 0.6 is 0 Å². The molecule has 1 rings (SSSR count). The fraction of sp³-hybridized carbons (Fsp3) is 0.389. The van der Waals surface area contributed by atoms with Crippen molar-refractivity contribution in [2.45, 2.75) is 26.7 Å². The van der Waals surface area contributed by atoms with Gasteiger partial charge in [0.25, 0.3) is 5.91 Å². The highest BCUT2D eigenvalue weighted by Crippen LogP contribution is 2.16. The van der Waals surface area contributed by atoms with Crippen LogP contribution in [0, 0.1) is 5.41 Å². The third-order valence-corrected chi connectivity index (χ3v) is 3.73. The molecule has 0 fully saturated rings. The second-order valence-electron chi connectivity index (χ2n) is 5.35. The molecule has 1 aromatic rings. The van der Waals surface area contributed by atoms with Gasteiger partial charge in [0.05, 0.1) is 0 Å². The Morgan fingerprint density at radius 2 is 2.00 bits per heavy atom. The summed E-state index contributed by atoms with van der Waals surface area (Å²) < 4.78 is 0. The van der Waals surface area contributed by atoms with Crippen LogP contribution in [-0.2, 0) is 4.79 Å². The smallest absolute Gasteiger partial charge is 0.251 e. The van der Waals surface area contributed by atoms with Crippen LogP contribution in [0.2, 0.25) is 0 Å². The molecule has 0 unspecified atom stereocenters. The lowest BCUT2D eigenvalue weighted by molar-refractivity contribution is -0.130. The summed E-state index contributed by atoms with van der Waals surface area (Å²) in [6, 6.07) is 4.83. The number of allylic oxidation sites excluding steroid dienone is 1. The molecular formula is C18H26N4O2. The number of hydrogen-bond donors (Lipinski definition) is 3. The third-order valence-electron chi connectivity index (χ3n) is 3.73. The van der Waals surface area contributed by atoms with E-state index in [0.717, 1.165) is 0 Å². The molecule has 24 heavy (non-hydrogen) atoms. The highest BCUT2D eigenvalue weighted by atomic mass is 16.2. The van der Waals surface area contributed by atoms with Crippen LogP contribution in [0.3, 0.4) is 0 Å². The zero-order valence-corrected chi connectivity index (χ0v) is 14.4. The number of rotatable bonds is 9. The fourth-order valence-corrected chi connectivity index (χ4v) is 2.33. The fourth-order valence-electron chi connectivity index (χ4n) is 2.33. The molecule has 0 saturated carbocycles. The molecule has 0 saturated heterocycles. The van der Waals surface area contributed by atoms with Crippen LogP contribution in [-0.4, -0.2) is 42.1 Å². The number of nitrogens with two attached hydrogens (primary N) is 1. The summed E-state index contributed by atoms with van der Waals surface area (Å²) in [6.45, 7) is 9.05. The Morgan fingerprint density at radius 1 is 1.33 bits per heavy atom. The summed E-state index contributed by atoms with van der Waals surface area (Å²) in [7, 11) is 0. The molecule has 4 N–H and O–H groups in total. The Hall–Kier alpha value is -2.63. The van der Waals surface area contributed by atoms with Crippen LogP contribution in [0.25, 0.3) is 0 Å². The molecule has 0 heterocycles. The standard InChI is InChI=1S/C18H26N4O2/c1-4-7-15(19)14-12-13(8-9-16(14)20)18(24)21-11-10-17(23)22(5-2)6-3/h4,8-9,12,19H,1,5-7,10-11,20H2,2-3H3,(H,21,24). The van der Waals surface area contributed by atoms with Crippen molar-refractivity contribution in [3.8, 4) is 0 Å². The lowest BCUT2D eigenvalue weighted by Gasteiger charge is -2.18. The molecule has 6 heteroatoms. The zero-order chi connectivity index (χ0) is 18.1. The predicted molar refractivity (Wildman–Crippen MR) is 97.4 cm³/mol. The third kappa shape index (κ3) is 5.22. The molecule has 0 atom stereocenters. The summed E-state index contributed by atoms with van der Waals surface area (Å²) in [5.74, 6) is -0.263. The minimum absolute atomic E-state index is 0.0195. The van der Waals surface area contributed by atoms with Crippen molar-refractivity contribution in [2.75, 3.05) is 25.4 Å². The van der Waals surface area contributed by atoms with E-state index in [-0.39, 0.29) is 24.8 Å². The Labute approximate surface area is 143 Å². The molecule has 2 amide bonds. The highest BCUT2D eigenvalue weighted by molar-refractivity contribution is 6.06. The quantitative estimate of drug-likeness (QED) is 0.368. The first-order valence-corrected chi connectivity index (χ1v) is 8.08. The monoisotopic (exact) mass is 330 g/mol. The average molecular weight is 330 g/mol. The van der Waals surface area contributed by atoms with Gasteiger partial charge in [-0.1, -0.05) is 6.08 Å². The van der Waals surface area contributed by atoms with Gasteiger partial charge in [0, 0.05) is 55.0 Å². The molecule has 0 aromatic heterocycles. The SMILES string of the molecule is C=CCC(=N)c1cc(C(=O)NCCC(=O)N(CC)CC)ccc1N. The maximum Gasteiger partial charge on any atom is 0.251 e. The van der Waals surface area contributed by atoms with Gasteiger partial charge in [-0.3, -0.25) is 9.59 Å². The van der Waals surface area contributed by atoms with E-state index in [1.807, 2.05) is 13.8 Å². The normalized spacial score (nSPS) is 10.1. The summed E-state index contributed by atoms with van der Waals surface area (Å²) in [5, 5.41) is 10.7. The Bertz CT molecular complexity index is 621. The number of amides is 2. The zero-order valence-electron chi connectivity index (χ0n) is 14.4. The van der Waals surface area contributed by atoms with E-state index < -0.39 is 0 Å². The van der Waals surface area contributed by atoms with Crippen LogP contribution < -0.4 is 11.1 Å². The molecular weight excluding hydrogens is 304 g/mol. The first kappa shape index (κ1) is 19.4. The van der Waals surface area contributed by atoms with Crippen LogP contribution in [0.1, 0.15) is 42.6 Å². The van der Waals surface area contributed by atoms with Gasteiger partial charge in [-0.25, -0.2) is 0 Å². The van der Waals surface area contributed by atoms with E-state index in [0.29, 0.717) is 42.0 Å². The van der Waals surface area contributed by atoms with Crippen LogP contribution in [0.5, 0.6) is 0 Å². The lowest BCUT2D eigenvalue weighted by atomic mass is 10.0. The topological polar surface area (TPSA) is 99.3 Å². The maximum atomic E-state index is 12.2. The van der Waals surface area contributed by atoms with Crippen molar-refractivity contribution >= 4 is 23.2 Å². The van der Waals surface area contributed by atoms with Crippen molar-refractivity contribution in [3.63, 3.8) is 0 Å². The van der Waals surface area contributed by atoms with Crippen molar-refractivity contribution < 1.29 is 9.59 Å². The van der Waals surface area contributed by atoms with Gasteiger partial charge in [-0.2, -0.15) is 0 Å². The molecule has 1 aromatic carbocycles. The highest BCUT2D eigenvalue weighted by Gasteiger charge is 2.13. The summed E-state index contributed by atoms with van der Waals surface area (Å²) in [6.07, 6.45) is 2.27. The predicted octanol–water partition coefficient (Wildman–Crippen LogP) is 2.20. The number of nitrogens with one attached hydrogen (secondary N) is 2. The molecule has 6 nitrogen and oxygen atoms in total. The summed E-state index contributed by atoms with van der Waals surface area (Å²) in [5.41, 5.74) is 7.58. The number of hydrogen-bond acceptors (Lipinski definition) is 4. The van der Waals surface area contributed by atoms with Crippen molar-refractivity contribution in [1.82, 2.24) is 10.2 Å². The average Bonchev–Trinajstić information content (AvgIpc) is 2.56. The van der Waals surface area contributed by atoms with Gasteiger partial charge in [0.15, 0.2) is 0 Å². The Kier molecular flexibility index (Phi) is 7.68. The number of benzene rings is 1. The second-order valence-corrected chi connectivity index (χ2v) is 5.35. The molecule has 130 valence electrons. The van der Waals surface area contributed by atoms with Gasteiger partial charge in [0.2, 0.25) is 5.91 Å². The van der Waals surface area contributed by atoms with Gasteiger partial charge in [0.1, 0.15) is 0 Å². The van der Waals surface area contributed by atoms with Gasteiger partial charge in [-0.15, -0.1) is 6.58 Å². The summed E-state index contributed by atoms with van der Waals surface area (Å²) >= 11 is 0. The van der Waals surface area contributed by atoms with Gasteiger partial charge < -0.3 is 21.4 Å². The van der Waals surface area contributed by atoms with Gasteiger partial charge in [-0.05, 0) is 32.0 Å². The minimum Gasteiger partial charge on any atom is -0.398 e. The second kappa shape index (κ2) is 9.50. The molecule has 0 aliphatic rings. The van der Waals surface area contributed by atoms with Crippen LogP contribution in [0.4, 0.5) is 5.69 Å². The van der Waals surface area contributed by atoms with E-state index in [1.165, 1.54) is 0 Å². The van der Waals surface area contributed by atoms with E-state index in [9.17, 15) is 9.59 Å². The Balaban J connectivity index is 2.68. The summed E-state index contributed by atoms with van der Waals surface area (Å²) in [4.78, 5) is 25.8. The Morgan fingerprint density at radius 3 is 2.58 bits per heavy atom. The molecule has 0 aliphatic heterocycles. The maximum absolute atomic E-state index is 12.2.